The highest BCUT2D eigenvalue weighted by Gasteiger charge is 2.23. The second-order valence-corrected chi connectivity index (χ2v) is 5.98. The van der Waals surface area contributed by atoms with Crippen molar-refractivity contribution >= 4 is 33.3 Å². The fraction of sp³-hybridized carbons (Fsp3) is 0.364. The Morgan fingerprint density at radius 1 is 1.37 bits per heavy atom. The van der Waals surface area contributed by atoms with E-state index in [1.807, 2.05) is 0 Å². The predicted molar refractivity (Wildman–Crippen MR) is 72.2 cm³/mol. The van der Waals surface area contributed by atoms with Crippen molar-refractivity contribution in [2.75, 3.05) is 31.3 Å². The molecule has 0 bridgehead atoms. The van der Waals surface area contributed by atoms with Gasteiger partial charge in [-0.2, -0.15) is 0 Å². The molecule has 1 rings (SSSR count). The molecule has 0 unspecified atom stereocenters. The molecule has 1 aromatic carbocycles. The zero-order valence-electron chi connectivity index (χ0n) is 10.7. The van der Waals surface area contributed by atoms with Crippen LogP contribution in [0.25, 0.3) is 0 Å². The van der Waals surface area contributed by atoms with Gasteiger partial charge in [0.2, 0.25) is 10.0 Å². The lowest BCUT2D eigenvalue weighted by Gasteiger charge is -2.22. The Balaban J connectivity index is 3.28. The highest BCUT2D eigenvalue weighted by Crippen LogP contribution is 2.31. The largest absolute Gasteiger partial charge is 0.497 e. The van der Waals surface area contributed by atoms with Gasteiger partial charge in [-0.15, -0.1) is 0 Å². The number of anilines is 1. The molecule has 0 atom stereocenters. The van der Waals surface area contributed by atoms with Gasteiger partial charge in [0, 0.05) is 6.07 Å². The maximum Gasteiger partial charge on any atom is 0.326 e. The van der Waals surface area contributed by atoms with Crippen LogP contribution in [0.5, 0.6) is 5.75 Å². The molecule has 8 heteroatoms. The summed E-state index contributed by atoms with van der Waals surface area (Å²) in [5.41, 5.74) is 0.161. The summed E-state index contributed by atoms with van der Waals surface area (Å²) in [7, 11) is -1.06. The highest BCUT2D eigenvalue weighted by atomic mass is 35.5. The topological polar surface area (TPSA) is 72.9 Å². The van der Waals surface area contributed by atoms with Gasteiger partial charge in [-0.1, -0.05) is 11.6 Å². The Bertz CT molecular complexity index is 572. The number of carbonyl (C=O) groups excluding carboxylic acids is 1. The van der Waals surface area contributed by atoms with E-state index in [0.29, 0.717) is 5.75 Å². The van der Waals surface area contributed by atoms with Crippen LogP contribution in [0.15, 0.2) is 18.2 Å². The Morgan fingerprint density at radius 3 is 2.47 bits per heavy atom. The summed E-state index contributed by atoms with van der Waals surface area (Å²) in [6.07, 6.45) is 0.978. The molecule has 0 saturated heterocycles. The van der Waals surface area contributed by atoms with Gasteiger partial charge in [-0.05, 0) is 12.1 Å². The lowest BCUT2D eigenvalue weighted by Crippen LogP contribution is -2.35. The van der Waals surface area contributed by atoms with E-state index >= 15 is 0 Å². The number of ether oxygens (including phenoxy) is 2. The van der Waals surface area contributed by atoms with Crippen molar-refractivity contribution in [1.82, 2.24) is 0 Å². The molecule has 0 amide bonds. The minimum Gasteiger partial charge on any atom is -0.497 e. The number of sulfonamides is 1. The van der Waals surface area contributed by atoms with Crippen LogP contribution in [0.2, 0.25) is 5.02 Å². The Hall–Kier alpha value is -1.47. The zero-order valence-corrected chi connectivity index (χ0v) is 12.3. The van der Waals surface area contributed by atoms with Crippen LogP contribution in [-0.2, 0) is 19.6 Å². The number of hydrogen-bond donors (Lipinski definition) is 0. The second kappa shape index (κ2) is 6.12. The molecule has 0 spiro atoms. The number of rotatable bonds is 5. The van der Waals surface area contributed by atoms with E-state index in [4.69, 9.17) is 16.3 Å². The first-order valence-electron chi connectivity index (χ1n) is 5.17. The fourth-order valence-corrected chi connectivity index (χ4v) is 2.49. The third kappa shape index (κ3) is 4.00. The molecule has 0 fully saturated rings. The molecule has 0 N–H and O–H groups in total. The van der Waals surface area contributed by atoms with Crippen molar-refractivity contribution < 1.29 is 22.7 Å². The third-order valence-electron chi connectivity index (χ3n) is 2.32. The molecule has 0 aliphatic heterocycles. The molecular formula is C11H14ClNO5S. The molecule has 1 aromatic rings. The Kier molecular flexibility index (Phi) is 5.02. The van der Waals surface area contributed by atoms with Crippen molar-refractivity contribution in [2.24, 2.45) is 0 Å². The molecule has 0 radical (unpaired) electrons. The van der Waals surface area contributed by atoms with Crippen LogP contribution in [0.3, 0.4) is 0 Å². The normalized spacial score (nSPS) is 10.9. The number of halogens is 1. The molecule has 0 aliphatic carbocycles. The molecule has 0 saturated carbocycles. The average Bonchev–Trinajstić information content (AvgIpc) is 2.35. The van der Waals surface area contributed by atoms with Crippen LogP contribution in [0.4, 0.5) is 5.69 Å². The smallest absolute Gasteiger partial charge is 0.326 e. The van der Waals surface area contributed by atoms with E-state index in [9.17, 15) is 13.2 Å². The van der Waals surface area contributed by atoms with Crippen molar-refractivity contribution in [3.8, 4) is 5.75 Å². The molecule has 106 valence electrons. The van der Waals surface area contributed by atoms with Crippen LogP contribution in [0, 0.1) is 0 Å². The minimum atomic E-state index is -3.68. The SMILES string of the molecule is COC(=O)CN(c1cc(OC)ccc1Cl)S(C)(=O)=O. The fourth-order valence-electron chi connectivity index (χ4n) is 1.37. The number of methoxy groups -OCH3 is 2. The van der Waals surface area contributed by atoms with E-state index in [0.717, 1.165) is 10.6 Å². The Morgan fingerprint density at radius 2 is 2.00 bits per heavy atom. The third-order valence-corrected chi connectivity index (χ3v) is 3.77. The van der Waals surface area contributed by atoms with Gasteiger partial charge in [0.25, 0.3) is 0 Å². The summed E-state index contributed by atoms with van der Waals surface area (Å²) < 4.78 is 33.9. The summed E-state index contributed by atoms with van der Waals surface area (Å²) >= 11 is 5.97. The molecular weight excluding hydrogens is 294 g/mol. The van der Waals surface area contributed by atoms with E-state index in [1.165, 1.54) is 26.4 Å². The first-order valence-corrected chi connectivity index (χ1v) is 7.40. The van der Waals surface area contributed by atoms with Gasteiger partial charge in [-0.25, -0.2) is 8.42 Å². The lowest BCUT2D eigenvalue weighted by molar-refractivity contribution is -0.138. The van der Waals surface area contributed by atoms with E-state index < -0.39 is 22.5 Å². The Labute approximate surface area is 116 Å². The first-order chi connectivity index (χ1) is 8.79. The summed E-state index contributed by atoms with van der Waals surface area (Å²) in [5.74, 6) is -0.262. The molecule has 19 heavy (non-hydrogen) atoms. The van der Waals surface area contributed by atoms with Gasteiger partial charge in [0.15, 0.2) is 0 Å². The quantitative estimate of drug-likeness (QED) is 0.766. The first kappa shape index (κ1) is 15.6. The summed E-state index contributed by atoms with van der Waals surface area (Å²) in [6, 6.07) is 4.52. The van der Waals surface area contributed by atoms with E-state index in [2.05, 4.69) is 4.74 Å². The van der Waals surface area contributed by atoms with Crippen LogP contribution in [0.1, 0.15) is 0 Å². The number of benzene rings is 1. The molecule has 0 aromatic heterocycles. The van der Waals surface area contributed by atoms with Gasteiger partial charge in [-0.3, -0.25) is 9.10 Å². The zero-order chi connectivity index (χ0) is 14.6. The molecule has 0 aliphatic rings. The summed E-state index contributed by atoms with van der Waals surface area (Å²) in [5, 5.41) is 0.190. The standard InChI is InChI=1S/C11H14ClNO5S/c1-17-8-4-5-9(12)10(6-8)13(19(3,15)16)7-11(14)18-2/h4-6H,7H2,1-3H3. The lowest BCUT2D eigenvalue weighted by atomic mass is 10.3. The second-order valence-electron chi connectivity index (χ2n) is 3.66. The maximum absolute atomic E-state index is 11.8. The van der Waals surface area contributed by atoms with Gasteiger partial charge in [0.1, 0.15) is 12.3 Å². The minimum absolute atomic E-state index is 0.161. The van der Waals surface area contributed by atoms with Crippen LogP contribution in [-0.4, -0.2) is 41.4 Å². The summed E-state index contributed by atoms with van der Waals surface area (Å²) in [4.78, 5) is 11.3. The predicted octanol–water partition coefficient (Wildman–Crippen LogP) is 1.29. The van der Waals surface area contributed by atoms with E-state index in [-0.39, 0.29) is 10.7 Å². The van der Waals surface area contributed by atoms with Crippen LogP contribution >= 0.6 is 11.6 Å². The maximum atomic E-state index is 11.8. The van der Waals surface area contributed by atoms with E-state index in [1.54, 1.807) is 6.07 Å². The number of nitrogens with zero attached hydrogens (tertiary/aromatic N) is 1. The van der Waals surface area contributed by atoms with Crippen molar-refractivity contribution in [3.05, 3.63) is 23.2 Å². The number of esters is 1. The van der Waals surface area contributed by atoms with Gasteiger partial charge in [0.05, 0.1) is 31.2 Å². The van der Waals surface area contributed by atoms with Crippen LogP contribution < -0.4 is 9.04 Å². The van der Waals surface area contributed by atoms with Gasteiger partial charge >= 0.3 is 5.97 Å². The number of hydrogen-bond acceptors (Lipinski definition) is 5. The van der Waals surface area contributed by atoms with Gasteiger partial charge < -0.3 is 9.47 Å². The van der Waals surface area contributed by atoms with Crippen molar-refractivity contribution in [3.63, 3.8) is 0 Å². The highest BCUT2D eigenvalue weighted by molar-refractivity contribution is 7.92. The van der Waals surface area contributed by atoms with Crippen molar-refractivity contribution in [2.45, 2.75) is 0 Å². The molecule has 6 nitrogen and oxygen atoms in total. The monoisotopic (exact) mass is 307 g/mol. The van der Waals surface area contributed by atoms with Crippen molar-refractivity contribution in [1.29, 1.82) is 0 Å². The number of carbonyl (C=O) groups is 1. The average molecular weight is 308 g/mol. The summed E-state index contributed by atoms with van der Waals surface area (Å²) in [6.45, 7) is -0.456. The molecule has 0 heterocycles.